The maximum Gasteiger partial charge on any atom is 0.335 e. The minimum Gasteiger partial charge on any atom is -0.480 e. The van der Waals surface area contributed by atoms with Gasteiger partial charge in [-0.05, 0) is 59.1 Å². The number of nitrogens with zero attached hydrogens (tertiary/aromatic N) is 1. The number of hydrogen-bond donors (Lipinski definition) is 2. The fourth-order valence-corrected chi connectivity index (χ4v) is 4.85. The van der Waals surface area contributed by atoms with Gasteiger partial charge in [0.25, 0.3) is 5.91 Å². The molecule has 8 nitrogen and oxygen atoms in total. The summed E-state index contributed by atoms with van der Waals surface area (Å²) in [4.78, 5) is 28.2. The Morgan fingerprint density at radius 3 is 2.33 bits per heavy atom. The van der Waals surface area contributed by atoms with Crippen molar-refractivity contribution in [2.75, 3.05) is 13.2 Å². The first-order valence-electron chi connectivity index (χ1n) is 9.38. The Bertz CT molecular complexity index is 912. The Hall–Kier alpha value is -2.06. The van der Waals surface area contributed by atoms with E-state index in [1.165, 1.54) is 0 Å². The Balaban J connectivity index is 2.07. The molecule has 0 bridgehead atoms. The topological polar surface area (TPSA) is 115 Å². The highest BCUT2D eigenvalue weighted by atomic mass is 79.9. The molecular weight excluding hydrogens is 475 g/mol. The molecule has 2 aromatic rings. The van der Waals surface area contributed by atoms with Crippen LogP contribution in [0.1, 0.15) is 35.3 Å². The van der Waals surface area contributed by atoms with Crippen molar-refractivity contribution in [2.24, 2.45) is 0 Å². The van der Waals surface area contributed by atoms with E-state index in [0.717, 1.165) is 0 Å². The summed E-state index contributed by atoms with van der Waals surface area (Å²) in [6.45, 7) is 4.01. The lowest BCUT2D eigenvalue weighted by Gasteiger charge is -2.17. The van der Waals surface area contributed by atoms with Gasteiger partial charge in [-0.2, -0.15) is 0 Å². The van der Waals surface area contributed by atoms with Crippen LogP contribution in [-0.4, -0.2) is 41.2 Å². The van der Waals surface area contributed by atoms with E-state index in [-0.39, 0.29) is 31.4 Å². The number of nitrogens with one attached hydrogen (secondary N) is 1. The van der Waals surface area contributed by atoms with E-state index in [1.54, 1.807) is 56.4 Å². The van der Waals surface area contributed by atoms with Gasteiger partial charge >= 0.3 is 13.6 Å². The summed E-state index contributed by atoms with van der Waals surface area (Å²) in [5, 5.41) is 12.0. The highest BCUT2D eigenvalue weighted by Crippen LogP contribution is 2.51. The molecule has 1 heterocycles. The van der Waals surface area contributed by atoms with Gasteiger partial charge < -0.3 is 19.5 Å². The number of carboxylic acids is 1. The van der Waals surface area contributed by atoms with E-state index >= 15 is 0 Å². The van der Waals surface area contributed by atoms with Gasteiger partial charge in [0.05, 0.1) is 19.4 Å². The molecule has 2 N–H and O–H groups in total. The first-order chi connectivity index (χ1) is 14.3. The Kier molecular flexibility index (Phi) is 9.17. The number of carboxylic acid groups (broad SMARTS) is 1. The second-order valence-corrected chi connectivity index (χ2v) is 9.13. The monoisotopic (exact) mass is 498 g/mol. The van der Waals surface area contributed by atoms with E-state index in [1.807, 2.05) is 0 Å². The van der Waals surface area contributed by atoms with Gasteiger partial charge in [0.1, 0.15) is 10.6 Å². The van der Waals surface area contributed by atoms with Crippen molar-refractivity contribution in [1.29, 1.82) is 0 Å². The minimum atomic E-state index is -3.25. The molecule has 0 saturated carbocycles. The third-order valence-electron chi connectivity index (χ3n) is 4.11. The third-order valence-corrected chi connectivity index (χ3v) is 6.88. The summed E-state index contributed by atoms with van der Waals surface area (Å²) >= 11 is 3.28. The fourth-order valence-electron chi connectivity index (χ4n) is 2.74. The minimum absolute atomic E-state index is 0.0828. The molecule has 10 heteroatoms. The second kappa shape index (κ2) is 11.4. The van der Waals surface area contributed by atoms with Gasteiger partial charge in [0.15, 0.2) is 0 Å². The number of aliphatic carboxylic acids is 1. The number of halogens is 1. The van der Waals surface area contributed by atoms with Crippen molar-refractivity contribution < 1.29 is 28.3 Å². The van der Waals surface area contributed by atoms with Crippen molar-refractivity contribution in [3.05, 3.63) is 63.9 Å². The lowest BCUT2D eigenvalue weighted by molar-refractivity contribution is -0.139. The largest absolute Gasteiger partial charge is 0.480 e. The first kappa shape index (κ1) is 24.2. The first-order valence-corrected chi connectivity index (χ1v) is 11.9. The molecule has 0 radical (unpaired) electrons. The summed E-state index contributed by atoms with van der Waals surface area (Å²) in [6, 6.07) is 8.71. The molecule has 0 aliphatic rings. The molecular formula is C20H24BrN2O6P. The van der Waals surface area contributed by atoms with Crippen LogP contribution in [0.5, 0.6) is 0 Å². The smallest absolute Gasteiger partial charge is 0.335 e. The lowest BCUT2D eigenvalue weighted by Crippen LogP contribution is -2.42. The van der Waals surface area contributed by atoms with Crippen LogP contribution in [0.4, 0.5) is 0 Å². The number of aromatic nitrogens is 1. The summed E-state index contributed by atoms with van der Waals surface area (Å²) in [6.07, 6.45) is 1.75. The van der Waals surface area contributed by atoms with E-state index in [2.05, 4.69) is 26.2 Å². The van der Waals surface area contributed by atoms with Crippen LogP contribution in [0.2, 0.25) is 0 Å². The molecule has 162 valence electrons. The van der Waals surface area contributed by atoms with Gasteiger partial charge in [-0.25, -0.2) is 9.78 Å². The second-order valence-electron chi connectivity index (χ2n) is 6.32. The van der Waals surface area contributed by atoms with Crippen LogP contribution in [0.3, 0.4) is 0 Å². The van der Waals surface area contributed by atoms with Crippen molar-refractivity contribution in [3.8, 4) is 0 Å². The van der Waals surface area contributed by atoms with E-state index in [9.17, 15) is 19.3 Å². The van der Waals surface area contributed by atoms with Crippen molar-refractivity contribution in [1.82, 2.24) is 10.3 Å². The molecule has 1 aromatic heterocycles. The van der Waals surface area contributed by atoms with Crippen molar-refractivity contribution >= 4 is 35.4 Å². The van der Waals surface area contributed by atoms with Gasteiger partial charge in [0, 0.05) is 18.2 Å². The molecule has 1 amide bonds. The molecule has 30 heavy (non-hydrogen) atoms. The molecule has 0 aliphatic carbocycles. The molecule has 1 atom stereocenters. The maximum absolute atomic E-state index is 12.6. The zero-order valence-corrected chi connectivity index (χ0v) is 19.2. The normalized spacial score (nSPS) is 12.4. The average molecular weight is 499 g/mol. The van der Waals surface area contributed by atoms with E-state index < -0.39 is 25.5 Å². The Labute approximate surface area is 183 Å². The molecule has 0 unspecified atom stereocenters. The fraction of sp³-hybridized carbons (Fsp3) is 0.350. The molecule has 2 rings (SSSR count). The van der Waals surface area contributed by atoms with Crippen LogP contribution in [0, 0.1) is 0 Å². The summed E-state index contributed by atoms with van der Waals surface area (Å²) in [5.41, 5.74) is 1.65. The molecule has 0 fully saturated rings. The molecule has 0 saturated heterocycles. The van der Waals surface area contributed by atoms with Crippen LogP contribution < -0.4 is 5.32 Å². The van der Waals surface area contributed by atoms with Gasteiger partial charge in [0.2, 0.25) is 0 Å². The third kappa shape index (κ3) is 7.02. The Morgan fingerprint density at radius 1 is 1.17 bits per heavy atom. The van der Waals surface area contributed by atoms with Gasteiger partial charge in [-0.15, -0.1) is 0 Å². The summed E-state index contributed by atoms with van der Waals surface area (Å²) in [7, 11) is -3.25. The molecule has 0 spiro atoms. The lowest BCUT2D eigenvalue weighted by atomic mass is 10.1. The van der Waals surface area contributed by atoms with Crippen molar-refractivity contribution in [3.63, 3.8) is 0 Å². The number of benzene rings is 1. The number of rotatable bonds is 11. The highest BCUT2D eigenvalue weighted by molar-refractivity contribution is 9.10. The number of pyridine rings is 1. The standard InChI is InChI=1S/C20H24BrN2O6P/c1-3-28-30(27,29-4-2)13-14-7-9-15(10-8-14)19(24)23-17(20(25)26)12-16-6-5-11-22-18(16)21/h5-11,17H,3-4,12-13H2,1-2H3,(H,23,24)(H,25,26)/t17-/m1/s1. The summed E-state index contributed by atoms with van der Waals surface area (Å²) < 4.78 is 23.7. The zero-order chi connectivity index (χ0) is 22.1. The van der Waals surface area contributed by atoms with Crippen LogP contribution in [0.25, 0.3) is 0 Å². The predicted octanol–water partition coefficient (Wildman–Crippen LogP) is 4.04. The molecule has 0 aliphatic heterocycles. The SMILES string of the molecule is CCOP(=O)(Cc1ccc(C(=O)N[C@H](Cc2cccnc2Br)C(=O)O)cc1)OCC. The van der Waals surface area contributed by atoms with E-state index in [0.29, 0.717) is 15.7 Å². The number of hydrogen-bond acceptors (Lipinski definition) is 6. The summed E-state index contributed by atoms with van der Waals surface area (Å²) in [5.74, 6) is -1.67. The van der Waals surface area contributed by atoms with Gasteiger partial charge in [-0.1, -0.05) is 18.2 Å². The van der Waals surface area contributed by atoms with Crippen LogP contribution >= 0.6 is 23.5 Å². The number of amides is 1. The predicted molar refractivity (Wildman–Crippen MR) is 116 cm³/mol. The van der Waals surface area contributed by atoms with Crippen LogP contribution in [-0.2, 0) is 31.0 Å². The number of carbonyl (C=O) groups is 2. The average Bonchev–Trinajstić information content (AvgIpc) is 2.69. The van der Waals surface area contributed by atoms with Crippen LogP contribution in [0.15, 0.2) is 47.2 Å². The zero-order valence-electron chi connectivity index (χ0n) is 16.7. The quantitative estimate of drug-likeness (QED) is 0.354. The van der Waals surface area contributed by atoms with Gasteiger partial charge in [-0.3, -0.25) is 9.36 Å². The van der Waals surface area contributed by atoms with E-state index in [4.69, 9.17) is 9.05 Å². The Morgan fingerprint density at radius 2 is 1.80 bits per heavy atom. The highest BCUT2D eigenvalue weighted by Gasteiger charge is 2.25. The maximum atomic E-state index is 12.6. The van der Waals surface area contributed by atoms with Crippen molar-refractivity contribution in [2.45, 2.75) is 32.5 Å². The number of carbonyl (C=O) groups excluding carboxylic acids is 1. The molecule has 1 aromatic carbocycles.